The number of rotatable bonds is 5. The molecule has 3 rings (SSSR count). The Hall–Kier alpha value is -3.35. The molecule has 1 heterocycles. The number of alkyl halides is 2. The van der Waals surface area contributed by atoms with E-state index in [-0.39, 0.29) is 11.7 Å². The highest BCUT2D eigenvalue weighted by Crippen LogP contribution is 2.18. The van der Waals surface area contributed by atoms with Gasteiger partial charge < -0.3 is 4.74 Å². The number of carbonyl (C=O) groups excluding carboxylic acids is 1. The fourth-order valence-corrected chi connectivity index (χ4v) is 2.63. The highest BCUT2D eigenvalue weighted by Gasteiger charge is 2.11. The molecule has 3 aromatic rings. The van der Waals surface area contributed by atoms with E-state index >= 15 is 0 Å². The van der Waals surface area contributed by atoms with Gasteiger partial charge in [0.2, 0.25) is 0 Å². The number of carbonyl (C=O) groups is 1. The van der Waals surface area contributed by atoms with Gasteiger partial charge in [-0.05, 0) is 55.8 Å². The molecule has 0 radical (unpaired) electrons. The SMILES string of the molecule is C/C(=N/NC(=O)c1cc(C)nc2ccccc12)c1ccc(OC(F)F)cc1. The molecule has 0 bridgehead atoms. The van der Waals surface area contributed by atoms with Crippen molar-refractivity contribution in [3.63, 3.8) is 0 Å². The van der Waals surface area contributed by atoms with Crippen molar-refractivity contribution in [2.75, 3.05) is 0 Å². The van der Waals surface area contributed by atoms with Crippen LogP contribution in [0.25, 0.3) is 10.9 Å². The Kier molecular flexibility index (Phi) is 5.40. The number of hydrogen-bond donors (Lipinski definition) is 1. The fourth-order valence-electron chi connectivity index (χ4n) is 2.63. The molecule has 0 spiro atoms. The standard InChI is InChI=1S/C20H17F2N3O2/c1-12-11-17(16-5-3-4-6-18(16)23-12)19(26)25-24-13(2)14-7-9-15(10-8-14)27-20(21)22/h3-11,20H,1-2H3,(H,25,26)/b24-13-. The first kappa shape index (κ1) is 18.4. The summed E-state index contributed by atoms with van der Waals surface area (Å²) in [5, 5.41) is 4.84. The minimum Gasteiger partial charge on any atom is -0.435 e. The number of aryl methyl sites for hydroxylation is 1. The molecule has 0 fully saturated rings. The van der Waals surface area contributed by atoms with Crippen molar-refractivity contribution in [3.05, 3.63) is 71.4 Å². The summed E-state index contributed by atoms with van der Waals surface area (Å²) in [6.45, 7) is 0.656. The van der Waals surface area contributed by atoms with Crippen LogP contribution in [-0.2, 0) is 0 Å². The summed E-state index contributed by atoms with van der Waals surface area (Å²) in [7, 11) is 0. The topological polar surface area (TPSA) is 63.6 Å². The summed E-state index contributed by atoms with van der Waals surface area (Å²) in [5.74, 6) is -0.294. The van der Waals surface area contributed by atoms with E-state index in [2.05, 4.69) is 20.2 Å². The molecule has 0 aliphatic carbocycles. The van der Waals surface area contributed by atoms with E-state index in [1.807, 2.05) is 31.2 Å². The van der Waals surface area contributed by atoms with Crippen molar-refractivity contribution in [2.45, 2.75) is 20.5 Å². The third kappa shape index (κ3) is 4.44. The Labute approximate surface area is 154 Å². The molecule has 0 aliphatic heterocycles. The number of halogens is 2. The Bertz CT molecular complexity index is 1000. The van der Waals surface area contributed by atoms with Crippen molar-refractivity contribution in [1.29, 1.82) is 0 Å². The average Bonchev–Trinajstić information content (AvgIpc) is 2.65. The first-order valence-corrected chi connectivity index (χ1v) is 8.20. The molecule has 0 unspecified atom stereocenters. The summed E-state index contributed by atoms with van der Waals surface area (Å²) in [6, 6.07) is 15.1. The molecular formula is C20H17F2N3O2. The number of amides is 1. The number of para-hydroxylation sites is 1. The molecule has 138 valence electrons. The van der Waals surface area contributed by atoms with E-state index in [1.54, 1.807) is 25.1 Å². The van der Waals surface area contributed by atoms with Crippen LogP contribution in [-0.4, -0.2) is 23.2 Å². The quantitative estimate of drug-likeness (QED) is 0.539. The molecule has 2 aromatic carbocycles. The van der Waals surface area contributed by atoms with Gasteiger partial charge in [0.1, 0.15) is 5.75 Å². The number of hydrazone groups is 1. The van der Waals surface area contributed by atoms with Gasteiger partial charge in [-0.25, -0.2) is 5.43 Å². The summed E-state index contributed by atoms with van der Waals surface area (Å²) >= 11 is 0. The smallest absolute Gasteiger partial charge is 0.387 e. The van der Waals surface area contributed by atoms with Gasteiger partial charge in [-0.15, -0.1) is 0 Å². The Morgan fingerprint density at radius 1 is 1.15 bits per heavy atom. The molecule has 5 nitrogen and oxygen atoms in total. The molecule has 0 saturated heterocycles. The van der Waals surface area contributed by atoms with Crippen molar-refractivity contribution in [2.24, 2.45) is 5.10 Å². The van der Waals surface area contributed by atoms with Crippen LogP contribution in [0.1, 0.15) is 28.5 Å². The lowest BCUT2D eigenvalue weighted by Crippen LogP contribution is -2.20. The van der Waals surface area contributed by atoms with Crippen LogP contribution < -0.4 is 10.2 Å². The van der Waals surface area contributed by atoms with Gasteiger partial charge in [-0.3, -0.25) is 9.78 Å². The van der Waals surface area contributed by atoms with E-state index in [4.69, 9.17) is 0 Å². The lowest BCUT2D eigenvalue weighted by atomic mass is 10.1. The second-order valence-corrected chi connectivity index (χ2v) is 5.87. The minimum atomic E-state index is -2.87. The lowest BCUT2D eigenvalue weighted by Gasteiger charge is -2.08. The van der Waals surface area contributed by atoms with Gasteiger partial charge in [0.05, 0.1) is 16.8 Å². The largest absolute Gasteiger partial charge is 0.435 e. The van der Waals surface area contributed by atoms with E-state index in [9.17, 15) is 13.6 Å². The Morgan fingerprint density at radius 2 is 1.85 bits per heavy atom. The maximum Gasteiger partial charge on any atom is 0.387 e. The number of ether oxygens (including phenoxy) is 1. The molecule has 0 saturated carbocycles. The zero-order valence-electron chi connectivity index (χ0n) is 14.7. The highest BCUT2D eigenvalue weighted by molar-refractivity contribution is 6.07. The van der Waals surface area contributed by atoms with Gasteiger partial charge in [0, 0.05) is 11.1 Å². The van der Waals surface area contributed by atoms with Crippen LogP contribution in [0.3, 0.4) is 0 Å². The number of hydrogen-bond acceptors (Lipinski definition) is 4. The van der Waals surface area contributed by atoms with E-state index < -0.39 is 6.61 Å². The maximum absolute atomic E-state index is 12.6. The molecular weight excluding hydrogens is 352 g/mol. The minimum absolute atomic E-state index is 0.0596. The van der Waals surface area contributed by atoms with Gasteiger partial charge >= 0.3 is 6.61 Å². The van der Waals surface area contributed by atoms with Crippen LogP contribution >= 0.6 is 0 Å². The van der Waals surface area contributed by atoms with Crippen LogP contribution in [0.15, 0.2) is 59.7 Å². The number of pyridine rings is 1. The number of aromatic nitrogens is 1. The number of nitrogens with one attached hydrogen (secondary N) is 1. The first-order valence-electron chi connectivity index (χ1n) is 8.20. The van der Waals surface area contributed by atoms with Crippen molar-refractivity contribution in [1.82, 2.24) is 10.4 Å². The maximum atomic E-state index is 12.6. The van der Waals surface area contributed by atoms with E-state index in [0.717, 1.165) is 16.6 Å². The predicted molar refractivity (Wildman–Crippen MR) is 99.2 cm³/mol. The van der Waals surface area contributed by atoms with Crippen LogP contribution in [0, 0.1) is 6.92 Å². The molecule has 0 atom stereocenters. The first-order chi connectivity index (χ1) is 12.9. The lowest BCUT2D eigenvalue weighted by molar-refractivity contribution is -0.0498. The molecule has 1 aromatic heterocycles. The van der Waals surface area contributed by atoms with E-state index in [1.165, 1.54) is 12.1 Å². The predicted octanol–water partition coefficient (Wildman–Crippen LogP) is 4.30. The van der Waals surface area contributed by atoms with Crippen LogP contribution in [0.2, 0.25) is 0 Å². The second-order valence-electron chi connectivity index (χ2n) is 5.87. The van der Waals surface area contributed by atoms with Crippen molar-refractivity contribution >= 4 is 22.5 Å². The van der Waals surface area contributed by atoms with Crippen molar-refractivity contribution in [3.8, 4) is 5.75 Å². The number of nitrogens with zero attached hydrogens (tertiary/aromatic N) is 2. The van der Waals surface area contributed by atoms with Crippen LogP contribution in [0.5, 0.6) is 5.75 Å². The highest BCUT2D eigenvalue weighted by atomic mass is 19.3. The zero-order chi connectivity index (χ0) is 19.4. The summed E-state index contributed by atoms with van der Waals surface area (Å²) < 4.78 is 28.7. The zero-order valence-corrected chi connectivity index (χ0v) is 14.7. The number of benzene rings is 2. The summed E-state index contributed by atoms with van der Waals surface area (Å²) in [5.41, 5.74) is 5.68. The number of fused-ring (bicyclic) bond motifs is 1. The van der Waals surface area contributed by atoms with Crippen molar-refractivity contribution < 1.29 is 18.3 Å². The summed E-state index contributed by atoms with van der Waals surface area (Å²) in [4.78, 5) is 17.0. The van der Waals surface area contributed by atoms with Crippen LogP contribution in [0.4, 0.5) is 8.78 Å². The third-order valence-electron chi connectivity index (χ3n) is 3.91. The van der Waals surface area contributed by atoms with Gasteiger partial charge in [0.15, 0.2) is 0 Å². The van der Waals surface area contributed by atoms with E-state index in [0.29, 0.717) is 16.8 Å². The third-order valence-corrected chi connectivity index (χ3v) is 3.91. The normalized spacial score (nSPS) is 11.7. The molecule has 1 amide bonds. The molecule has 1 N–H and O–H groups in total. The van der Waals surface area contributed by atoms with Gasteiger partial charge in [-0.1, -0.05) is 18.2 Å². The van der Waals surface area contributed by atoms with Gasteiger partial charge in [-0.2, -0.15) is 13.9 Å². The fraction of sp³-hybridized carbons (Fsp3) is 0.150. The Balaban J connectivity index is 1.78. The van der Waals surface area contributed by atoms with Gasteiger partial charge in [0.25, 0.3) is 5.91 Å². The molecule has 27 heavy (non-hydrogen) atoms. The average molecular weight is 369 g/mol. The monoisotopic (exact) mass is 369 g/mol. The molecule has 7 heteroatoms. The summed E-state index contributed by atoms with van der Waals surface area (Å²) in [6.07, 6.45) is 0. The Morgan fingerprint density at radius 3 is 2.56 bits per heavy atom. The molecule has 0 aliphatic rings. The second kappa shape index (κ2) is 7.90.